The Morgan fingerprint density at radius 3 is 2.51 bits per heavy atom. The fourth-order valence-corrected chi connectivity index (χ4v) is 7.87. The molecule has 3 aliphatic rings. The van der Waals surface area contributed by atoms with E-state index in [1.54, 1.807) is 4.57 Å². The number of amides is 2. The van der Waals surface area contributed by atoms with E-state index < -0.39 is 16.6 Å². The molecule has 3 aromatic carbocycles. The van der Waals surface area contributed by atoms with Gasteiger partial charge in [-0.3, -0.25) is 18.7 Å². The van der Waals surface area contributed by atoms with Crippen LogP contribution in [0.1, 0.15) is 35.6 Å². The number of para-hydroxylation sites is 3. The predicted octanol–water partition coefficient (Wildman–Crippen LogP) is 3.51. The van der Waals surface area contributed by atoms with Crippen molar-refractivity contribution in [1.82, 2.24) is 9.13 Å². The summed E-state index contributed by atoms with van der Waals surface area (Å²) in [6.45, 7) is -0.109. The van der Waals surface area contributed by atoms with E-state index in [9.17, 15) is 18.9 Å². The number of nitrogens with zero attached hydrogens (tertiary/aromatic N) is 2. The first-order valence-electron chi connectivity index (χ1n) is 13.3. The van der Waals surface area contributed by atoms with Gasteiger partial charge >= 0.3 is 5.69 Å². The van der Waals surface area contributed by atoms with Crippen molar-refractivity contribution in [3.8, 4) is 0 Å². The Balaban J connectivity index is 1.13. The highest BCUT2D eigenvalue weighted by molar-refractivity contribution is 7.91. The second-order valence-corrected chi connectivity index (χ2v) is 12.5. The predicted molar refractivity (Wildman–Crippen MR) is 152 cm³/mol. The number of rotatable bonds is 4. The summed E-state index contributed by atoms with van der Waals surface area (Å²) < 4.78 is 15.2. The third-order valence-corrected chi connectivity index (χ3v) is 9.88. The van der Waals surface area contributed by atoms with Crippen molar-refractivity contribution in [2.24, 2.45) is 0 Å². The van der Waals surface area contributed by atoms with Crippen LogP contribution < -0.4 is 16.3 Å². The quantitative estimate of drug-likeness (QED) is 0.386. The summed E-state index contributed by atoms with van der Waals surface area (Å²) in [6, 6.07) is 21.1. The number of imidazole rings is 1. The molecule has 3 heterocycles. The van der Waals surface area contributed by atoms with Gasteiger partial charge < -0.3 is 15.2 Å². The number of benzene rings is 3. The number of carbonyl (C=O) groups is 2. The largest absolute Gasteiger partial charge is 0.616 e. The molecule has 2 N–H and O–H groups in total. The van der Waals surface area contributed by atoms with Crippen LogP contribution >= 0.6 is 0 Å². The molecule has 1 unspecified atom stereocenters. The van der Waals surface area contributed by atoms with Gasteiger partial charge in [0.1, 0.15) is 18.1 Å². The minimum absolute atomic E-state index is 0.0189. The summed E-state index contributed by atoms with van der Waals surface area (Å²) in [4.78, 5) is 39.7. The van der Waals surface area contributed by atoms with Crippen LogP contribution in [0.15, 0.2) is 71.5 Å². The normalized spacial score (nSPS) is 23.6. The average Bonchev–Trinajstić information content (AvgIpc) is 3.54. The molecule has 1 atom stereocenters. The molecule has 2 amide bonds. The van der Waals surface area contributed by atoms with Gasteiger partial charge in [0.05, 0.1) is 16.4 Å². The number of hydrogen-bond donors (Lipinski definition) is 2. The maximum Gasteiger partial charge on any atom is 0.329 e. The topological polar surface area (TPSA) is 108 Å². The summed E-state index contributed by atoms with van der Waals surface area (Å²) >= 11 is -0.824. The Morgan fingerprint density at radius 2 is 1.69 bits per heavy atom. The average molecular weight is 541 g/mol. The van der Waals surface area contributed by atoms with Gasteiger partial charge in [0, 0.05) is 30.3 Å². The minimum atomic E-state index is -0.824. The minimum Gasteiger partial charge on any atom is -0.616 e. The smallest absolute Gasteiger partial charge is 0.329 e. The molecule has 1 aliphatic carbocycles. The number of carbonyl (C=O) groups excluding carboxylic acids is 2. The number of anilines is 2. The summed E-state index contributed by atoms with van der Waals surface area (Å²) in [5.41, 5.74) is 5.38. The van der Waals surface area contributed by atoms with Crippen LogP contribution in [-0.2, 0) is 45.6 Å². The van der Waals surface area contributed by atoms with Gasteiger partial charge in [-0.25, -0.2) is 4.79 Å². The molecular weight excluding hydrogens is 512 g/mol. The molecule has 9 heteroatoms. The standard InChI is InChI=1S/C30H28N4O4S/c35-27(18-33-25-7-3-4-8-26(25)34(29(33)37)22-11-13-39(38)14-12-22)31-21-10-9-19-16-30(17-20(19)15-21)23-5-1-2-6-24(23)32-28(30)36/h1-10,15,22H,11-14,16-18H2,(H,31,35)(H,32,36)/t22-,30?,39+. The Kier molecular flexibility index (Phi) is 5.68. The zero-order valence-electron chi connectivity index (χ0n) is 21.3. The van der Waals surface area contributed by atoms with Gasteiger partial charge in [-0.1, -0.05) is 47.6 Å². The van der Waals surface area contributed by atoms with Crippen molar-refractivity contribution >= 4 is 45.4 Å². The van der Waals surface area contributed by atoms with Gasteiger partial charge in [-0.05, 0) is 59.9 Å². The van der Waals surface area contributed by atoms with E-state index >= 15 is 0 Å². The zero-order valence-corrected chi connectivity index (χ0v) is 22.1. The van der Waals surface area contributed by atoms with Crippen LogP contribution in [0.2, 0.25) is 0 Å². The molecule has 0 saturated carbocycles. The second-order valence-electron chi connectivity index (χ2n) is 10.8. The van der Waals surface area contributed by atoms with Crippen LogP contribution in [0, 0.1) is 0 Å². The van der Waals surface area contributed by atoms with E-state index in [0.29, 0.717) is 48.4 Å². The van der Waals surface area contributed by atoms with Gasteiger partial charge in [0.25, 0.3) is 0 Å². The summed E-state index contributed by atoms with van der Waals surface area (Å²) in [7, 11) is 0. The maximum absolute atomic E-state index is 13.5. The Labute approximate surface area is 228 Å². The first kappa shape index (κ1) is 24.2. The molecule has 1 fully saturated rings. The van der Waals surface area contributed by atoms with Crippen LogP contribution in [0.4, 0.5) is 11.4 Å². The lowest BCUT2D eigenvalue weighted by Crippen LogP contribution is -2.35. The lowest BCUT2D eigenvalue weighted by Gasteiger charge is -2.25. The van der Waals surface area contributed by atoms with E-state index in [0.717, 1.165) is 27.9 Å². The summed E-state index contributed by atoms with van der Waals surface area (Å²) in [5, 5.41) is 6.00. The molecule has 4 aromatic rings. The lowest BCUT2D eigenvalue weighted by atomic mass is 9.79. The van der Waals surface area contributed by atoms with Crippen molar-refractivity contribution in [3.05, 3.63) is 93.9 Å². The van der Waals surface area contributed by atoms with Gasteiger partial charge in [-0.15, -0.1) is 0 Å². The summed E-state index contributed by atoms with van der Waals surface area (Å²) in [6.07, 6.45) is 2.58. The third kappa shape index (κ3) is 3.91. The van der Waals surface area contributed by atoms with Gasteiger partial charge in [-0.2, -0.15) is 0 Å². The van der Waals surface area contributed by atoms with E-state index in [4.69, 9.17) is 0 Å². The molecule has 39 heavy (non-hydrogen) atoms. The molecule has 8 nitrogen and oxygen atoms in total. The third-order valence-electron chi connectivity index (χ3n) is 8.49. The van der Waals surface area contributed by atoms with Crippen LogP contribution in [0.5, 0.6) is 0 Å². The molecule has 1 spiro atoms. The van der Waals surface area contributed by atoms with Crippen LogP contribution in [0.25, 0.3) is 11.0 Å². The first-order valence-corrected chi connectivity index (χ1v) is 14.8. The molecule has 7 rings (SSSR count). The van der Waals surface area contributed by atoms with Crippen molar-refractivity contribution in [3.63, 3.8) is 0 Å². The maximum atomic E-state index is 13.5. The van der Waals surface area contributed by atoms with Gasteiger partial charge in [0.15, 0.2) is 0 Å². The molecule has 198 valence electrons. The molecule has 2 aliphatic heterocycles. The fraction of sp³-hybridized carbons (Fsp3) is 0.300. The van der Waals surface area contributed by atoms with Crippen molar-refractivity contribution in [2.45, 2.75) is 43.7 Å². The second kappa shape index (κ2) is 9.14. The number of nitrogens with one attached hydrogen (secondary N) is 2. The molecular formula is C30H28N4O4S. The van der Waals surface area contributed by atoms with Crippen molar-refractivity contribution < 1.29 is 14.1 Å². The highest BCUT2D eigenvalue weighted by Crippen LogP contribution is 2.47. The van der Waals surface area contributed by atoms with Crippen molar-refractivity contribution in [2.75, 3.05) is 22.1 Å². The van der Waals surface area contributed by atoms with E-state index in [2.05, 4.69) is 10.6 Å². The molecule has 0 radical (unpaired) electrons. The highest BCUT2D eigenvalue weighted by Gasteiger charge is 2.50. The van der Waals surface area contributed by atoms with E-state index in [1.807, 2.05) is 66.7 Å². The Morgan fingerprint density at radius 1 is 0.974 bits per heavy atom. The zero-order chi connectivity index (χ0) is 26.7. The SMILES string of the molecule is O=C(Cn1c(=O)n([C@H]2CC[S@@+]([O-])CC2)c2ccccc21)Nc1ccc2c(c1)CC1(C2)C(=O)Nc2ccccc21. The van der Waals surface area contributed by atoms with Gasteiger partial charge in [0.2, 0.25) is 11.8 Å². The van der Waals surface area contributed by atoms with Crippen LogP contribution in [0.3, 0.4) is 0 Å². The highest BCUT2D eigenvalue weighted by atomic mass is 32.2. The van der Waals surface area contributed by atoms with Crippen LogP contribution in [-0.4, -0.2) is 37.0 Å². The molecule has 1 aromatic heterocycles. The van der Waals surface area contributed by atoms with Crippen molar-refractivity contribution in [1.29, 1.82) is 0 Å². The monoisotopic (exact) mass is 540 g/mol. The van der Waals surface area contributed by atoms with E-state index in [-0.39, 0.29) is 30.1 Å². The fourth-order valence-electron chi connectivity index (χ4n) is 6.60. The Bertz CT molecular complexity index is 1700. The molecule has 1 saturated heterocycles. The molecule has 0 bridgehead atoms. The first-order chi connectivity index (χ1) is 18.9. The lowest BCUT2D eigenvalue weighted by molar-refractivity contribution is -0.120. The Hall–Kier alpha value is -3.82. The van der Waals surface area contributed by atoms with E-state index in [1.165, 1.54) is 4.57 Å². The summed E-state index contributed by atoms with van der Waals surface area (Å²) in [5.74, 6) is 0.903. The number of hydrogen-bond acceptors (Lipinski definition) is 4. The number of fused-ring (bicyclic) bond motifs is 4. The number of aromatic nitrogens is 2.